The number of hydrogen-bond donors (Lipinski definition) is 3. The Morgan fingerprint density at radius 1 is 1.41 bits per heavy atom. The normalized spacial score (nSPS) is 28.4. The summed E-state index contributed by atoms with van der Waals surface area (Å²) in [5.74, 6) is 0.325. The largest absolute Gasteiger partial charge is 0.387 e. The summed E-state index contributed by atoms with van der Waals surface area (Å²) in [6.07, 6.45) is -2.44. The van der Waals surface area contributed by atoms with Gasteiger partial charge in [0.2, 0.25) is 5.28 Å². The molecule has 3 heterocycles. The van der Waals surface area contributed by atoms with Crippen LogP contribution in [0.3, 0.4) is 0 Å². The molecule has 2 aromatic rings. The van der Waals surface area contributed by atoms with Crippen LogP contribution in [0.5, 0.6) is 0 Å². The first-order valence-corrected chi connectivity index (χ1v) is 7.24. The molecule has 0 aliphatic carbocycles. The molecule has 3 N–H and O–H groups in total. The van der Waals surface area contributed by atoms with E-state index in [0.717, 1.165) is 0 Å². The Kier molecular flexibility index (Phi) is 4.35. The minimum atomic E-state index is -1.17. The first kappa shape index (κ1) is 15.7. The quantitative estimate of drug-likeness (QED) is 0.410. The van der Waals surface area contributed by atoms with Crippen molar-refractivity contribution >= 4 is 40.2 Å². The Balaban J connectivity index is 2.05. The van der Waals surface area contributed by atoms with Crippen LogP contribution in [0.15, 0.2) is 6.33 Å². The van der Waals surface area contributed by atoms with Gasteiger partial charge in [-0.15, -0.1) is 11.6 Å². The molecule has 11 heteroatoms. The van der Waals surface area contributed by atoms with Crippen LogP contribution in [0.2, 0.25) is 5.28 Å². The lowest BCUT2D eigenvalue weighted by Crippen LogP contribution is -2.32. The van der Waals surface area contributed by atoms with Gasteiger partial charge in [-0.1, -0.05) is 0 Å². The zero-order chi connectivity index (χ0) is 15.9. The smallest absolute Gasteiger partial charge is 0.226 e. The molecule has 0 spiro atoms. The summed E-state index contributed by atoms with van der Waals surface area (Å²) in [5.41, 5.74) is 3.26. The van der Waals surface area contributed by atoms with Crippen molar-refractivity contribution in [3.63, 3.8) is 0 Å². The van der Waals surface area contributed by atoms with Crippen molar-refractivity contribution in [3.8, 4) is 0 Å². The van der Waals surface area contributed by atoms with E-state index in [2.05, 4.69) is 20.4 Å². The number of anilines is 1. The van der Waals surface area contributed by atoms with Crippen LogP contribution >= 0.6 is 23.2 Å². The van der Waals surface area contributed by atoms with Crippen molar-refractivity contribution in [3.05, 3.63) is 11.6 Å². The molecule has 3 rings (SSSR count). The van der Waals surface area contributed by atoms with Crippen LogP contribution in [0.4, 0.5) is 5.82 Å². The maximum Gasteiger partial charge on any atom is 0.226 e. The van der Waals surface area contributed by atoms with Gasteiger partial charge in [-0.2, -0.15) is 9.97 Å². The second-order valence-corrected chi connectivity index (χ2v) is 5.32. The minimum Gasteiger partial charge on any atom is -0.387 e. The highest BCUT2D eigenvalue weighted by Gasteiger charge is 2.43. The van der Waals surface area contributed by atoms with Gasteiger partial charge in [-0.3, -0.25) is 9.40 Å². The summed E-state index contributed by atoms with van der Waals surface area (Å²) in [4.78, 5) is 17.0. The van der Waals surface area contributed by atoms with Crippen LogP contribution in [-0.2, 0) is 9.57 Å². The average molecular weight is 350 g/mol. The zero-order valence-electron chi connectivity index (χ0n) is 11.3. The number of imidazole rings is 1. The van der Waals surface area contributed by atoms with Gasteiger partial charge < -0.3 is 14.9 Å². The van der Waals surface area contributed by atoms with E-state index in [1.165, 1.54) is 18.0 Å². The molecule has 0 amide bonds. The Labute approximate surface area is 134 Å². The highest BCUT2D eigenvalue weighted by molar-refractivity contribution is 6.28. The van der Waals surface area contributed by atoms with E-state index < -0.39 is 24.5 Å². The van der Waals surface area contributed by atoms with E-state index in [1.54, 1.807) is 0 Å². The molecule has 0 radical (unpaired) electrons. The highest BCUT2D eigenvalue weighted by atomic mass is 35.5. The third-order valence-electron chi connectivity index (χ3n) is 3.36. The van der Waals surface area contributed by atoms with E-state index in [4.69, 9.17) is 32.8 Å². The summed E-state index contributed by atoms with van der Waals surface area (Å²) in [6.45, 7) is 0. The fourth-order valence-electron chi connectivity index (χ4n) is 2.33. The molecule has 22 heavy (non-hydrogen) atoms. The van der Waals surface area contributed by atoms with E-state index in [-0.39, 0.29) is 17.0 Å². The second-order valence-electron chi connectivity index (χ2n) is 4.67. The molecule has 1 aliphatic rings. The third kappa shape index (κ3) is 2.49. The van der Waals surface area contributed by atoms with Gasteiger partial charge in [0.25, 0.3) is 0 Å². The topological polar surface area (TPSA) is 115 Å². The lowest BCUT2D eigenvalue weighted by atomic mass is 10.1. The lowest BCUT2D eigenvalue weighted by Gasteiger charge is -2.16. The molecule has 120 valence electrons. The number of alkyl halides is 1. The Bertz CT molecular complexity index is 684. The summed E-state index contributed by atoms with van der Waals surface area (Å²) in [7, 11) is 1.42. The van der Waals surface area contributed by atoms with Crippen LogP contribution in [0.25, 0.3) is 11.2 Å². The van der Waals surface area contributed by atoms with Crippen LogP contribution in [-0.4, -0.2) is 61.0 Å². The molecule has 0 bridgehead atoms. The molecule has 2 unspecified atom stereocenters. The molecule has 0 aromatic carbocycles. The third-order valence-corrected chi connectivity index (χ3v) is 3.83. The Morgan fingerprint density at radius 3 is 2.82 bits per heavy atom. The Morgan fingerprint density at radius 2 is 2.18 bits per heavy atom. The summed E-state index contributed by atoms with van der Waals surface area (Å²) < 4.78 is 7.03. The molecule has 9 nitrogen and oxygen atoms in total. The van der Waals surface area contributed by atoms with Gasteiger partial charge in [0.1, 0.15) is 18.3 Å². The fraction of sp³-hybridized carbons (Fsp3) is 0.545. The molecule has 1 aliphatic heterocycles. The number of nitrogens with one attached hydrogen (secondary N) is 1. The van der Waals surface area contributed by atoms with Crippen LogP contribution < -0.4 is 5.48 Å². The second kappa shape index (κ2) is 6.11. The predicted molar refractivity (Wildman–Crippen MR) is 77.6 cm³/mol. The first-order valence-electron chi connectivity index (χ1n) is 6.33. The minimum absolute atomic E-state index is 0.0317. The summed E-state index contributed by atoms with van der Waals surface area (Å²) in [5, 5.41) is 20.0. The summed E-state index contributed by atoms with van der Waals surface area (Å²) >= 11 is 11.6. The number of nitrogens with zero attached hydrogens (tertiary/aromatic N) is 4. The molecular formula is C11H13Cl2N5O4. The van der Waals surface area contributed by atoms with Gasteiger partial charge in [-0.05, 0) is 11.6 Å². The number of halogens is 2. The first-order chi connectivity index (χ1) is 10.6. The number of rotatable bonds is 4. The van der Waals surface area contributed by atoms with E-state index in [9.17, 15) is 10.2 Å². The van der Waals surface area contributed by atoms with Gasteiger partial charge in [0, 0.05) is 0 Å². The molecular weight excluding hydrogens is 337 g/mol. The number of hydrogen-bond acceptors (Lipinski definition) is 8. The van der Waals surface area contributed by atoms with Crippen molar-refractivity contribution in [2.24, 2.45) is 0 Å². The van der Waals surface area contributed by atoms with E-state index in [0.29, 0.717) is 11.2 Å². The number of fused-ring (bicyclic) bond motifs is 1. The van der Waals surface area contributed by atoms with Gasteiger partial charge in [0.05, 0.1) is 19.3 Å². The zero-order valence-corrected chi connectivity index (χ0v) is 12.9. The predicted octanol–water partition coefficient (Wildman–Crippen LogP) is 0.311. The lowest BCUT2D eigenvalue weighted by molar-refractivity contribution is -0.0291. The van der Waals surface area contributed by atoms with Crippen molar-refractivity contribution in [1.82, 2.24) is 19.5 Å². The SMILES string of the molecule is CONc1nc(Cl)nc2c1ncn2[C@@H]1O[C@H](CCl)C(O)C1O. The highest BCUT2D eigenvalue weighted by Crippen LogP contribution is 2.33. The number of aromatic nitrogens is 4. The number of aliphatic hydroxyl groups excluding tert-OH is 2. The molecule has 4 atom stereocenters. The van der Waals surface area contributed by atoms with Gasteiger partial charge in [-0.25, -0.2) is 10.5 Å². The van der Waals surface area contributed by atoms with Crippen LogP contribution in [0, 0.1) is 0 Å². The van der Waals surface area contributed by atoms with Crippen molar-refractivity contribution in [2.75, 3.05) is 18.5 Å². The van der Waals surface area contributed by atoms with Crippen molar-refractivity contribution in [2.45, 2.75) is 24.5 Å². The maximum atomic E-state index is 10.1. The molecule has 0 saturated carbocycles. The monoisotopic (exact) mass is 349 g/mol. The standard InChI is InChI=1S/C11H13Cl2N5O4/c1-21-17-8-5-9(16-11(13)15-8)18(3-14-5)10-7(20)6(19)4(2-12)22-10/h3-4,6-7,10,19-20H,2H2,1H3,(H,15,16,17)/t4-,6?,7?,10-/m1/s1. The molecule has 2 aromatic heterocycles. The maximum absolute atomic E-state index is 10.1. The molecule has 1 saturated heterocycles. The van der Waals surface area contributed by atoms with Gasteiger partial charge in [0.15, 0.2) is 23.2 Å². The molecule has 1 fully saturated rings. The summed E-state index contributed by atoms with van der Waals surface area (Å²) in [6, 6.07) is 0. The van der Waals surface area contributed by atoms with Crippen LogP contribution in [0.1, 0.15) is 6.23 Å². The van der Waals surface area contributed by atoms with Gasteiger partial charge >= 0.3 is 0 Å². The average Bonchev–Trinajstić information content (AvgIpc) is 3.02. The van der Waals surface area contributed by atoms with E-state index >= 15 is 0 Å². The Hall–Kier alpha value is -1.23. The van der Waals surface area contributed by atoms with Crippen molar-refractivity contribution in [1.29, 1.82) is 0 Å². The number of ether oxygens (including phenoxy) is 1. The number of aliphatic hydroxyl groups is 2. The van der Waals surface area contributed by atoms with Crippen molar-refractivity contribution < 1.29 is 19.8 Å². The fourth-order valence-corrected chi connectivity index (χ4v) is 2.75. The van der Waals surface area contributed by atoms with E-state index in [1.807, 2.05) is 0 Å².